The van der Waals surface area contributed by atoms with Gasteiger partial charge in [0, 0.05) is 26.2 Å². The summed E-state index contributed by atoms with van der Waals surface area (Å²) in [6.07, 6.45) is 0.902. The van der Waals surface area contributed by atoms with Gasteiger partial charge in [0.05, 0.1) is 5.92 Å². The van der Waals surface area contributed by atoms with Gasteiger partial charge >= 0.3 is 5.97 Å². The second kappa shape index (κ2) is 5.21. The average Bonchev–Trinajstić information content (AvgIpc) is 2.41. The van der Waals surface area contributed by atoms with Crippen molar-refractivity contribution >= 4 is 11.9 Å². The Balaban J connectivity index is 2.07. The normalized spacial score (nSPS) is 16.4. The number of amides is 1. The van der Waals surface area contributed by atoms with Crippen LogP contribution in [0.5, 0.6) is 0 Å². The summed E-state index contributed by atoms with van der Waals surface area (Å²) < 4.78 is 1.11. The number of carboxylic acids is 1. The highest BCUT2D eigenvalue weighted by molar-refractivity contribution is 5.92. The molecule has 0 unspecified atom stereocenters. The van der Waals surface area contributed by atoms with Crippen LogP contribution in [-0.2, 0) is 11.8 Å². The number of hydrogen-bond donors (Lipinski definition) is 1. The van der Waals surface area contributed by atoms with Crippen LogP contribution in [-0.4, -0.2) is 44.8 Å². The monoisotopic (exact) mass is 265 g/mol. The molecule has 7 nitrogen and oxygen atoms in total. The first-order chi connectivity index (χ1) is 8.99. The first kappa shape index (κ1) is 13.3. The van der Waals surface area contributed by atoms with E-state index in [9.17, 15) is 14.4 Å². The first-order valence-electron chi connectivity index (χ1n) is 6.05. The van der Waals surface area contributed by atoms with Crippen LogP contribution in [0.25, 0.3) is 0 Å². The van der Waals surface area contributed by atoms with Crippen molar-refractivity contribution in [2.24, 2.45) is 13.0 Å². The predicted molar refractivity (Wildman–Crippen MR) is 65.7 cm³/mol. The van der Waals surface area contributed by atoms with Gasteiger partial charge in [-0.2, -0.15) is 5.10 Å². The van der Waals surface area contributed by atoms with Crippen LogP contribution >= 0.6 is 0 Å². The third kappa shape index (κ3) is 2.81. The van der Waals surface area contributed by atoms with Crippen molar-refractivity contribution in [2.45, 2.75) is 12.8 Å². The molecule has 1 aliphatic rings. The lowest BCUT2D eigenvalue weighted by Crippen LogP contribution is -2.41. The highest BCUT2D eigenvalue weighted by atomic mass is 16.4. The van der Waals surface area contributed by atoms with E-state index in [1.54, 1.807) is 4.90 Å². The van der Waals surface area contributed by atoms with E-state index < -0.39 is 5.97 Å². The van der Waals surface area contributed by atoms with Crippen LogP contribution in [0.3, 0.4) is 0 Å². The molecule has 1 N–H and O–H groups in total. The molecule has 2 heterocycles. The maximum atomic E-state index is 12.1. The fourth-order valence-electron chi connectivity index (χ4n) is 2.11. The molecule has 0 bridgehead atoms. The minimum Gasteiger partial charge on any atom is -0.481 e. The summed E-state index contributed by atoms with van der Waals surface area (Å²) >= 11 is 0. The molecule has 2 rings (SSSR count). The molecule has 0 radical (unpaired) electrons. The number of piperidine rings is 1. The van der Waals surface area contributed by atoms with E-state index in [4.69, 9.17) is 5.11 Å². The Morgan fingerprint density at radius 2 is 1.95 bits per heavy atom. The van der Waals surface area contributed by atoms with Gasteiger partial charge in [0.2, 0.25) is 0 Å². The van der Waals surface area contributed by atoms with Crippen molar-refractivity contribution < 1.29 is 14.7 Å². The number of likely N-dealkylation sites (tertiary alicyclic amines) is 1. The summed E-state index contributed by atoms with van der Waals surface area (Å²) in [5, 5.41) is 12.8. The number of carboxylic acid groups (broad SMARTS) is 1. The smallest absolute Gasteiger partial charge is 0.306 e. The minimum absolute atomic E-state index is 0.205. The SMILES string of the molecule is Cn1nc(C(=O)N2CCC(C(=O)O)CC2)ccc1=O. The fraction of sp³-hybridized carbons (Fsp3) is 0.500. The summed E-state index contributed by atoms with van der Waals surface area (Å²) in [7, 11) is 1.48. The van der Waals surface area contributed by atoms with E-state index >= 15 is 0 Å². The number of hydrogen-bond acceptors (Lipinski definition) is 4. The molecule has 0 aliphatic carbocycles. The summed E-state index contributed by atoms with van der Waals surface area (Å²) in [5.74, 6) is -1.45. The van der Waals surface area contributed by atoms with Gasteiger partial charge in [-0.15, -0.1) is 0 Å². The molecule has 0 spiro atoms. The highest BCUT2D eigenvalue weighted by Crippen LogP contribution is 2.18. The molecule has 0 aromatic carbocycles. The van der Waals surface area contributed by atoms with Crippen LogP contribution in [0.2, 0.25) is 0 Å². The Morgan fingerprint density at radius 3 is 2.47 bits per heavy atom. The molecule has 0 saturated carbocycles. The lowest BCUT2D eigenvalue weighted by atomic mass is 9.97. The third-order valence-corrected chi connectivity index (χ3v) is 3.31. The summed E-state index contributed by atoms with van der Waals surface area (Å²) in [6.45, 7) is 0.806. The topological polar surface area (TPSA) is 92.5 Å². The van der Waals surface area contributed by atoms with Crippen molar-refractivity contribution in [2.75, 3.05) is 13.1 Å². The molecule has 1 amide bonds. The molecule has 1 aromatic heterocycles. The standard InChI is InChI=1S/C12H15N3O4/c1-14-10(16)3-2-9(13-14)11(17)15-6-4-8(5-7-15)12(18)19/h2-3,8H,4-7H2,1H3,(H,18,19). The van der Waals surface area contributed by atoms with Crippen LogP contribution in [0, 0.1) is 5.92 Å². The number of nitrogens with zero attached hydrogens (tertiary/aromatic N) is 3. The Labute approximate surface area is 109 Å². The molecule has 1 saturated heterocycles. The number of carbonyl (C=O) groups is 2. The van der Waals surface area contributed by atoms with Crippen molar-refractivity contribution in [3.63, 3.8) is 0 Å². The largest absolute Gasteiger partial charge is 0.481 e. The highest BCUT2D eigenvalue weighted by Gasteiger charge is 2.28. The van der Waals surface area contributed by atoms with Crippen LogP contribution in [0.15, 0.2) is 16.9 Å². The van der Waals surface area contributed by atoms with Gasteiger partial charge in [0.1, 0.15) is 5.69 Å². The fourth-order valence-corrected chi connectivity index (χ4v) is 2.11. The van der Waals surface area contributed by atoms with Crippen LogP contribution in [0.4, 0.5) is 0 Å². The number of carbonyl (C=O) groups excluding carboxylic acids is 1. The molecule has 102 valence electrons. The lowest BCUT2D eigenvalue weighted by Gasteiger charge is -2.29. The number of rotatable bonds is 2. The van der Waals surface area contributed by atoms with Crippen molar-refractivity contribution in [3.8, 4) is 0 Å². The van der Waals surface area contributed by atoms with E-state index in [0.29, 0.717) is 25.9 Å². The zero-order valence-corrected chi connectivity index (χ0v) is 10.6. The quantitative estimate of drug-likeness (QED) is 0.793. The van der Waals surface area contributed by atoms with E-state index in [1.807, 2.05) is 0 Å². The van der Waals surface area contributed by atoms with Crippen LogP contribution in [0.1, 0.15) is 23.3 Å². The Hall–Kier alpha value is -2.18. The molecule has 1 aromatic rings. The van der Waals surface area contributed by atoms with Gasteiger partial charge in [0.15, 0.2) is 0 Å². The Kier molecular flexibility index (Phi) is 3.64. The molecule has 7 heteroatoms. The minimum atomic E-state index is -0.813. The molecular formula is C12H15N3O4. The van der Waals surface area contributed by atoms with E-state index in [0.717, 1.165) is 4.68 Å². The van der Waals surface area contributed by atoms with Gasteiger partial charge in [0.25, 0.3) is 11.5 Å². The van der Waals surface area contributed by atoms with Crippen molar-refractivity contribution in [1.82, 2.24) is 14.7 Å². The molecular weight excluding hydrogens is 250 g/mol. The van der Waals surface area contributed by atoms with Crippen LogP contribution < -0.4 is 5.56 Å². The van der Waals surface area contributed by atoms with Gasteiger partial charge in [-0.25, -0.2) is 4.68 Å². The van der Waals surface area contributed by atoms with E-state index in [1.165, 1.54) is 19.2 Å². The maximum Gasteiger partial charge on any atom is 0.306 e. The summed E-state index contributed by atoms with van der Waals surface area (Å²) in [4.78, 5) is 35.7. The third-order valence-electron chi connectivity index (χ3n) is 3.31. The Bertz CT molecular complexity index is 558. The van der Waals surface area contributed by atoms with Crippen molar-refractivity contribution in [1.29, 1.82) is 0 Å². The predicted octanol–water partition coefficient (Wildman–Crippen LogP) is -0.283. The maximum absolute atomic E-state index is 12.1. The van der Waals surface area contributed by atoms with E-state index in [-0.39, 0.29) is 23.1 Å². The van der Waals surface area contributed by atoms with Crippen molar-refractivity contribution in [3.05, 3.63) is 28.2 Å². The van der Waals surface area contributed by atoms with Gasteiger partial charge < -0.3 is 10.0 Å². The second-order valence-electron chi connectivity index (χ2n) is 4.59. The molecule has 19 heavy (non-hydrogen) atoms. The van der Waals surface area contributed by atoms with Gasteiger partial charge in [-0.1, -0.05) is 0 Å². The first-order valence-corrected chi connectivity index (χ1v) is 6.05. The van der Waals surface area contributed by atoms with Gasteiger partial charge in [-0.3, -0.25) is 14.4 Å². The molecule has 0 atom stereocenters. The lowest BCUT2D eigenvalue weighted by molar-refractivity contribution is -0.143. The van der Waals surface area contributed by atoms with Gasteiger partial charge in [-0.05, 0) is 18.9 Å². The summed E-state index contributed by atoms with van der Waals surface area (Å²) in [5.41, 5.74) is -0.0722. The molecule has 1 fully saturated rings. The second-order valence-corrected chi connectivity index (χ2v) is 4.59. The van der Waals surface area contributed by atoms with E-state index in [2.05, 4.69) is 5.10 Å². The number of aromatic nitrogens is 2. The Morgan fingerprint density at radius 1 is 1.32 bits per heavy atom. The number of aliphatic carboxylic acids is 1. The zero-order chi connectivity index (χ0) is 14.0. The molecule has 1 aliphatic heterocycles. The average molecular weight is 265 g/mol. The summed E-state index contributed by atoms with van der Waals surface area (Å²) in [6, 6.07) is 2.69. The zero-order valence-electron chi connectivity index (χ0n) is 10.6. The number of aryl methyl sites for hydroxylation is 1.